The van der Waals surface area contributed by atoms with Gasteiger partial charge >= 0.3 is 5.97 Å². The molecular weight excluding hydrogens is 260 g/mol. The summed E-state index contributed by atoms with van der Waals surface area (Å²) in [5, 5.41) is 1.89. The van der Waals surface area contributed by atoms with Crippen molar-refractivity contribution in [3.8, 4) is 17.6 Å². The van der Waals surface area contributed by atoms with E-state index in [4.69, 9.17) is 4.74 Å². The Bertz CT molecular complexity index is 660. The lowest BCUT2D eigenvalue weighted by molar-refractivity contribution is -0.131. The van der Waals surface area contributed by atoms with Gasteiger partial charge in [0.1, 0.15) is 5.75 Å². The van der Waals surface area contributed by atoms with Gasteiger partial charge in [0.15, 0.2) is 0 Å². The fourth-order valence-corrected chi connectivity index (χ4v) is 2.00. The van der Waals surface area contributed by atoms with E-state index in [1.54, 1.807) is 24.3 Å². The number of benzene rings is 1. The molecule has 2 rings (SSSR count). The van der Waals surface area contributed by atoms with Crippen molar-refractivity contribution in [2.24, 2.45) is 0 Å². The zero-order valence-corrected chi connectivity index (χ0v) is 11.0. The number of carbonyl (C=O) groups is 2. The van der Waals surface area contributed by atoms with E-state index in [2.05, 4.69) is 11.8 Å². The third kappa shape index (κ3) is 3.54. The Balaban J connectivity index is 2.26. The van der Waals surface area contributed by atoms with Gasteiger partial charge in [-0.25, -0.2) is 0 Å². The molecule has 0 saturated heterocycles. The number of thiophene rings is 1. The van der Waals surface area contributed by atoms with Crippen LogP contribution in [0.25, 0.3) is 0 Å². The molecule has 3 nitrogen and oxygen atoms in total. The maximum absolute atomic E-state index is 12.0. The van der Waals surface area contributed by atoms with E-state index in [1.807, 2.05) is 17.5 Å². The van der Waals surface area contributed by atoms with Gasteiger partial charge in [-0.05, 0) is 35.4 Å². The van der Waals surface area contributed by atoms with Crippen LogP contribution in [0.1, 0.15) is 22.2 Å². The van der Waals surface area contributed by atoms with E-state index in [0.717, 1.165) is 4.88 Å². The minimum Gasteiger partial charge on any atom is -0.426 e. The molecule has 0 radical (unpaired) electrons. The van der Waals surface area contributed by atoms with Crippen LogP contribution in [-0.2, 0) is 4.79 Å². The molecule has 0 saturated carbocycles. The van der Waals surface area contributed by atoms with Crippen LogP contribution in [0.3, 0.4) is 0 Å². The molecule has 1 heterocycles. The highest BCUT2D eigenvalue weighted by molar-refractivity contribution is 7.10. The number of Topliss-reactive ketones (excluding diaryl/α,β-unsaturated/α-hetero) is 1. The molecule has 94 valence electrons. The molecule has 0 aliphatic carbocycles. The van der Waals surface area contributed by atoms with E-state index in [1.165, 1.54) is 18.3 Å². The summed E-state index contributed by atoms with van der Waals surface area (Å²) in [6.07, 6.45) is 0. The summed E-state index contributed by atoms with van der Waals surface area (Å²) in [7, 11) is 0. The topological polar surface area (TPSA) is 43.4 Å². The second-order valence-corrected chi connectivity index (χ2v) is 4.59. The standard InChI is InChI=1S/C15H10O3S/c1-11(16)18-15-7-3-2-6-13(15)14(17)9-8-12-5-4-10-19-12/h2-7,10H,1H3. The predicted octanol–water partition coefficient (Wildman–Crippen LogP) is 2.91. The quantitative estimate of drug-likeness (QED) is 0.365. The second kappa shape index (κ2) is 5.98. The Morgan fingerprint density at radius 2 is 1.95 bits per heavy atom. The van der Waals surface area contributed by atoms with Crippen LogP contribution >= 0.6 is 11.3 Å². The molecule has 0 amide bonds. The molecule has 4 heteroatoms. The van der Waals surface area contributed by atoms with Gasteiger partial charge in [0, 0.05) is 6.92 Å². The monoisotopic (exact) mass is 270 g/mol. The summed E-state index contributed by atoms with van der Waals surface area (Å²) in [4.78, 5) is 23.8. The number of esters is 1. The SMILES string of the molecule is CC(=O)Oc1ccccc1C(=O)C#Cc1cccs1. The number of para-hydroxylation sites is 1. The van der Waals surface area contributed by atoms with Gasteiger partial charge in [-0.1, -0.05) is 18.2 Å². The summed E-state index contributed by atoms with van der Waals surface area (Å²) < 4.78 is 4.98. The van der Waals surface area contributed by atoms with Crippen molar-refractivity contribution in [2.45, 2.75) is 6.92 Å². The van der Waals surface area contributed by atoms with Crippen molar-refractivity contribution in [3.63, 3.8) is 0 Å². The highest BCUT2D eigenvalue weighted by atomic mass is 32.1. The van der Waals surface area contributed by atoms with Crippen molar-refractivity contribution in [3.05, 3.63) is 52.2 Å². The first kappa shape index (κ1) is 13.1. The van der Waals surface area contributed by atoms with E-state index in [9.17, 15) is 9.59 Å². The Morgan fingerprint density at radius 1 is 1.16 bits per heavy atom. The highest BCUT2D eigenvalue weighted by Crippen LogP contribution is 2.18. The third-order valence-corrected chi connectivity index (χ3v) is 2.99. The predicted molar refractivity (Wildman–Crippen MR) is 73.3 cm³/mol. The van der Waals surface area contributed by atoms with Crippen molar-refractivity contribution in [1.82, 2.24) is 0 Å². The minimum absolute atomic E-state index is 0.237. The summed E-state index contributed by atoms with van der Waals surface area (Å²) in [5.74, 6) is 4.73. The van der Waals surface area contributed by atoms with Gasteiger partial charge in [-0.2, -0.15) is 0 Å². The van der Waals surface area contributed by atoms with E-state index >= 15 is 0 Å². The molecule has 0 fully saturated rings. The first-order valence-corrected chi connectivity index (χ1v) is 6.42. The average Bonchev–Trinajstić information content (AvgIpc) is 2.89. The van der Waals surface area contributed by atoms with Crippen LogP contribution in [0.15, 0.2) is 41.8 Å². The number of hydrogen-bond acceptors (Lipinski definition) is 4. The number of carbonyl (C=O) groups excluding carboxylic acids is 2. The molecule has 0 spiro atoms. The molecule has 0 atom stereocenters. The van der Waals surface area contributed by atoms with Gasteiger partial charge in [-0.15, -0.1) is 11.3 Å². The molecule has 0 unspecified atom stereocenters. The van der Waals surface area contributed by atoms with E-state index in [-0.39, 0.29) is 11.5 Å². The summed E-state index contributed by atoms with van der Waals surface area (Å²) >= 11 is 1.46. The molecule has 0 N–H and O–H groups in total. The zero-order chi connectivity index (χ0) is 13.7. The average molecular weight is 270 g/mol. The van der Waals surface area contributed by atoms with Crippen LogP contribution in [0, 0.1) is 11.8 Å². The lowest BCUT2D eigenvalue weighted by Gasteiger charge is -2.04. The molecule has 19 heavy (non-hydrogen) atoms. The van der Waals surface area contributed by atoms with Crippen molar-refractivity contribution in [1.29, 1.82) is 0 Å². The van der Waals surface area contributed by atoms with Crippen LogP contribution in [0.2, 0.25) is 0 Å². The summed E-state index contributed by atoms with van der Waals surface area (Å²) in [6, 6.07) is 10.3. The molecule has 0 bridgehead atoms. The lowest BCUT2D eigenvalue weighted by Crippen LogP contribution is -2.06. The molecule has 2 aromatic rings. The van der Waals surface area contributed by atoms with Crippen LogP contribution in [0.5, 0.6) is 5.75 Å². The number of ketones is 1. The molecule has 1 aromatic heterocycles. The number of hydrogen-bond donors (Lipinski definition) is 0. The Hall–Kier alpha value is -2.38. The van der Waals surface area contributed by atoms with Gasteiger partial charge < -0.3 is 4.74 Å². The van der Waals surface area contributed by atoms with Gasteiger partial charge in [-0.3, -0.25) is 9.59 Å². The Kier molecular flexibility index (Phi) is 4.11. The first-order chi connectivity index (χ1) is 9.16. The van der Waals surface area contributed by atoms with Gasteiger partial charge in [0.2, 0.25) is 5.78 Å². The molecule has 0 aliphatic heterocycles. The normalized spacial score (nSPS) is 9.32. The zero-order valence-electron chi connectivity index (χ0n) is 10.2. The van der Waals surface area contributed by atoms with Crippen molar-refractivity contribution in [2.75, 3.05) is 0 Å². The van der Waals surface area contributed by atoms with Gasteiger partial charge in [0.05, 0.1) is 10.4 Å². The summed E-state index contributed by atoms with van der Waals surface area (Å²) in [5.41, 5.74) is 0.293. The summed E-state index contributed by atoms with van der Waals surface area (Å²) in [6.45, 7) is 1.29. The Morgan fingerprint density at radius 3 is 2.63 bits per heavy atom. The van der Waals surface area contributed by atoms with E-state index in [0.29, 0.717) is 5.56 Å². The minimum atomic E-state index is -0.466. The highest BCUT2D eigenvalue weighted by Gasteiger charge is 2.11. The van der Waals surface area contributed by atoms with Crippen LogP contribution in [-0.4, -0.2) is 11.8 Å². The van der Waals surface area contributed by atoms with Crippen molar-refractivity contribution < 1.29 is 14.3 Å². The first-order valence-electron chi connectivity index (χ1n) is 5.54. The number of rotatable bonds is 2. The van der Waals surface area contributed by atoms with Crippen LogP contribution < -0.4 is 4.74 Å². The smallest absolute Gasteiger partial charge is 0.308 e. The molecular formula is C15H10O3S. The fraction of sp³-hybridized carbons (Fsp3) is 0.0667. The second-order valence-electron chi connectivity index (χ2n) is 3.65. The van der Waals surface area contributed by atoms with Gasteiger partial charge in [0.25, 0.3) is 0 Å². The third-order valence-electron chi connectivity index (χ3n) is 2.21. The lowest BCUT2D eigenvalue weighted by atomic mass is 10.1. The number of ether oxygens (including phenoxy) is 1. The van der Waals surface area contributed by atoms with Crippen LogP contribution in [0.4, 0.5) is 0 Å². The largest absolute Gasteiger partial charge is 0.426 e. The molecule has 1 aromatic carbocycles. The Labute approximate surface area is 114 Å². The fourth-order valence-electron chi connectivity index (χ4n) is 1.43. The maximum Gasteiger partial charge on any atom is 0.308 e. The molecule has 0 aliphatic rings. The maximum atomic E-state index is 12.0. The van der Waals surface area contributed by atoms with E-state index < -0.39 is 5.97 Å². The van der Waals surface area contributed by atoms with Crippen molar-refractivity contribution >= 4 is 23.1 Å².